The van der Waals surface area contributed by atoms with Crippen molar-refractivity contribution in [3.8, 4) is 22.6 Å². The van der Waals surface area contributed by atoms with Crippen LogP contribution in [0.15, 0.2) is 78.9 Å². The van der Waals surface area contributed by atoms with Crippen molar-refractivity contribution in [2.75, 3.05) is 6.26 Å². The fourth-order valence-electron chi connectivity index (χ4n) is 2.44. The van der Waals surface area contributed by atoms with Crippen LogP contribution in [0.4, 0.5) is 0 Å². The van der Waals surface area contributed by atoms with Crippen molar-refractivity contribution < 1.29 is 17.9 Å². The van der Waals surface area contributed by atoms with Crippen LogP contribution in [0, 0.1) is 0 Å². The second-order valence-electron chi connectivity index (χ2n) is 5.69. The van der Waals surface area contributed by atoms with Gasteiger partial charge in [-0.25, -0.2) is 13.1 Å². The van der Waals surface area contributed by atoms with Gasteiger partial charge in [0, 0.05) is 11.1 Å². The molecular weight excluding hydrogens is 350 g/mol. The summed E-state index contributed by atoms with van der Waals surface area (Å²) in [5.74, 6) is 0.556. The summed E-state index contributed by atoms with van der Waals surface area (Å²) in [6.45, 7) is 0. The Hall–Kier alpha value is -3.12. The third-order valence-electron chi connectivity index (χ3n) is 3.59. The number of amides is 1. The molecule has 0 aliphatic heterocycles. The number of sulfonamides is 1. The Morgan fingerprint density at radius 1 is 0.846 bits per heavy atom. The van der Waals surface area contributed by atoms with Gasteiger partial charge in [-0.15, -0.1) is 0 Å². The molecule has 3 rings (SSSR count). The molecule has 0 aromatic heterocycles. The molecule has 0 unspecified atom stereocenters. The van der Waals surface area contributed by atoms with E-state index < -0.39 is 15.9 Å². The maximum absolute atomic E-state index is 11.8. The third kappa shape index (κ3) is 4.49. The lowest BCUT2D eigenvalue weighted by atomic mass is 10.0. The van der Waals surface area contributed by atoms with Crippen molar-refractivity contribution in [1.82, 2.24) is 4.72 Å². The predicted molar refractivity (Wildman–Crippen MR) is 101 cm³/mol. The number of hydrogen-bond acceptors (Lipinski definition) is 4. The molecule has 1 amide bonds. The Kier molecular flexibility index (Phi) is 5.04. The number of ether oxygens (including phenoxy) is 1. The molecule has 0 spiro atoms. The quantitative estimate of drug-likeness (QED) is 0.744. The fraction of sp³-hybridized carbons (Fsp3) is 0.0500. The van der Waals surface area contributed by atoms with Crippen molar-refractivity contribution in [3.05, 3.63) is 84.4 Å². The summed E-state index contributed by atoms with van der Waals surface area (Å²) in [7, 11) is -3.60. The molecule has 26 heavy (non-hydrogen) atoms. The zero-order valence-corrected chi connectivity index (χ0v) is 14.9. The zero-order chi connectivity index (χ0) is 18.6. The summed E-state index contributed by atoms with van der Waals surface area (Å²) in [6.07, 6.45) is 0.933. The molecule has 1 N–H and O–H groups in total. The summed E-state index contributed by atoms with van der Waals surface area (Å²) >= 11 is 0. The number of nitrogens with one attached hydrogen (secondary N) is 1. The van der Waals surface area contributed by atoms with Gasteiger partial charge >= 0.3 is 0 Å². The molecule has 3 aromatic carbocycles. The number of para-hydroxylation sites is 1. The van der Waals surface area contributed by atoms with E-state index >= 15 is 0 Å². The van der Waals surface area contributed by atoms with E-state index in [1.54, 1.807) is 12.1 Å². The first-order valence-corrected chi connectivity index (χ1v) is 9.76. The Morgan fingerprint density at radius 3 is 2.12 bits per heavy atom. The van der Waals surface area contributed by atoms with Crippen LogP contribution in [0.25, 0.3) is 11.1 Å². The van der Waals surface area contributed by atoms with E-state index in [1.165, 1.54) is 12.1 Å². The Bertz CT molecular complexity index is 1010. The van der Waals surface area contributed by atoms with Gasteiger partial charge in [0.1, 0.15) is 11.5 Å². The lowest BCUT2D eigenvalue weighted by molar-refractivity contribution is 0.0981. The van der Waals surface area contributed by atoms with Gasteiger partial charge in [-0.05, 0) is 35.9 Å². The van der Waals surface area contributed by atoms with Crippen LogP contribution in [-0.2, 0) is 10.0 Å². The van der Waals surface area contributed by atoms with Gasteiger partial charge in [-0.1, -0.05) is 48.5 Å². The van der Waals surface area contributed by atoms with Crippen LogP contribution in [0.2, 0.25) is 0 Å². The lowest BCUT2D eigenvalue weighted by Gasteiger charge is -2.12. The first-order valence-electron chi connectivity index (χ1n) is 7.87. The molecule has 0 atom stereocenters. The van der Waals surface area contributed by atoms with Crippen LogP contribution >= 0.6 is 0 Å². The van der Waals surface area contributed by atoms with Crippen molar-refractivity contribution in [2.45, 2.75) is 0 Å². The highest BCUT2D eigenvalue weighted by atomic mass is 32.2. The van der Waals surface area contributed by atoms with Crippen LogP contribution in [0.3, 0.4) is 0 Å². The van der Waals surface area contributed by atoms with Crippen molar-refractivity contribution in [1.29, 1.82) is 0 Å². The zero-order valence-electron chi connectivity index (χ0n) is 14.0. The summed E-state index contributed by atoms with van der Waals surface area (Å²) < 4.78 is 30.2. The number of carbonyl (C=O) groups is 1. The van der Waals surface area contributed by atoms with Crippen molar-refractivity contribution in [2.24, 2.45) is 0 Å². The molecule has 0 bridgehead atoms. The minimum Gasteiger partial charge on any atom is -0.457 e. The van der Waals surface area contributed by atoms with Crippen LogP contribution in [0.1, 0.15) is 10.4 Å². The maximum Gasteiger partial charge on any atom is 0.264 e. The monoisotopic (exact) mass is 367 g/mol. The van der Waals surface area contributed by atoms with Gasteiger partial charge in [0.15, 0.2) is 0 Å². The predicted octanol–water partition coefficient (Wildman–Crippen LogP) is 3.84. The molecule has 5 nitrogen and oxygen atoms in total. The van der Waals surface area contributed by atoms with Gasteiger partial charge < -0.3 is 4.74 Å². The van der Waals surface area contributed by atoms with E-state index in [2.05, 4.69) is 0 Å². The average molecular weight is 367 g/mol. The van der Waals surface area contributed by atoms with Gasteiger partial charge in [0.05, 0.1) is 6.26 Å². The standard InChI is InChI=1S/C20H17NO4S/c1-26(23,24)21-20(22)16-11-13-17(14-12-16)25-19-10-6-5-9-18(19)15-7-3-2-4-8-15/h2-14H,1H3,(H,21,22). The average Bonchev–Trinajstić information content (AvgIpc) is 2.62. The second-order valence-corrected chi connectivity index (χ2v) is 7.44. The van der Waals surface area contributed by atoms with Crippen LogP contribution in [-0.4, -0.2) is 20.6 Å². The number of carbonyl (C=O) groups excluding carboxylic acids is 1. The topological polar surface area (TPSA) is 72.5 Å². The maximum atomic E-state index is 11.8. The Balaban J connectivity index is 1.82. The third-order valence-corrected chi connectivity index (χ3v) is 4.15. The van der Waals surface area contributed by atoms with Crippen molar-refractivity contribution in [3.63, 3.8) is 0 Å². The first kappa shape index (κ1) is 17.7. The molecule has 0 aliphatic carbocycles. The normalized spacial score (nSPS) is 11.0. The van der Waals surface area contributed by atoms with E-state index in [4.69, 9.17) is 4.74 Å². The molecule has 0 saturated heterocycles. The van der Waals surface area contributed by atoms with Crippen LogP contribution < -0.4 is 9.46 Å². The second kappa shape index (κ2) is 7.41. The fourth-order valence-corrected chi connectivity index (χ4v) is 2.90. The summed E-state index contributed by atoms with van der Waals surface area (Å²) in [6, 6.07) is 23.8. The van der Waals surface area contributed by atoms with E-state index in [1.807, 2.05) is 59.3 Å². The minimum atomic E-state index is -3.60. The highest BCUT2D eigenvalue weighted by molar-refractivity contribution is 7.89. The molecule has 6 heteroatoms. The summed E-state index contributed by atoms with van der Waals surface area (Å²) in [4.78, 5) is 11.8. The van der Waals surface area contributed by atoms with Gasteiger partial charge in [0.25, 0.3) is 5.91 Å². The van der Waals surface area contributed by atoms with E-state index in [0.29, 0.717) is 11.5 Å². The highest BCUT2D eigenvalue weighted by Gasteiger charge is 2.12. The Morgan fingerprint density at radius 2 is 1.46 bits per heavy atom. The molecule has 0 aliphatic rings. The summed E-state index contributed by atoms with van der Waals surface area (Å²) in [5, 5.41) is 0. The number of benzene rings is 3. The smallest absolute Gasteiger partial charge is 0.264 e. The SMILES string of the molecule is CS(=O)(=O)NC(=O)c1ccc(Oc2ccccc2-c2ccccc2)cc1. The van der Waals surface area contributed by atoms with Crippen LogP contribution in [0.5, 0.6) is 11.5 Å². The van der Waals surface area contributed by atoms with Crippen molar-refractivity contribution >= 4 is 15.9 Å². The molecule has 3 aromatic rings. The molecule has 0 fully saturated rings. The highest BCUT2D eigenvalue weighted by Crippen LogP contribution is 2.33. The van der Waals surface area contributed by atoms with E-state index in [-0.39, 0.29) is 5.56 Å². The largest absolute Gasteiger partial charge is 0.457 e. The number of rotatable bonds is 5. The molecule has 0 saturated carbocycles. The molecule has 0 radical (unpaired) electrons. The van der Waals surface area contributed by atoms with Gasteiger partial charge in [0.2, 0.25) is 10.0 Å². The first-order chi connectivity index (χ1) is 12.4. The van der Waals surface area contributed by atoms with Gasteiger partial charge in [-0.3, -0.25) is 4.79 Å². The molecule has 0 heterocycles. The minimum absolute atomic E-state index is 0.235. The lowest BCUT2D eigenvalue weighted by Crippen LogP contribution is -2.29. The van der Waals surface area contributed by atoms with E-state index in [9.17, 15) is 13.2 Å². The van der Waals surface area contributed by atoms with Gasteiger partial charge in [-0.2, -0.15) is 0 Å². The van der Waals surface area contributed by atoms with E-state index in [0.717, 1.165) is 17.4 Å². The summed E-state index contributed by atoms with van der Waals surface area (Å²) in [5.41, 5.74) is 2.22. The number of hydrogen-bond donors (Lipinski definition) is 1. The molecular formula is C20H17NO4S. The molecule has 132 valence electrons. The Labute approximate surface area is 152 Å².